The third-order valence-corrected chi connectivity index (χ3v) is 5.83. The number of benzene rings is 1. The first-order valence-corrected chi connectivity index (χ1v) is 10.3. The summed E-state index contributed by atoms with van der Waals surface area (Å²) in [6.07, 6.45) is 4.68. The van der Waals surface area contributed by atoms with Gasteiger partial charge in [0, 0.05) is 6.20 Å². The number of thiophene rings is 1. The van der Waals surface area contributed by atoms with E-state index in [2.05, 4.69) is 20.4 Å². The first-order chi connectivity index (χ1) is 14.9. The topological polar surface area (TPSA) is 94.7 Å². The van der Waals surface area contributed by atoms with Crippen LogP contribution in [0, 0.1) is 19.7 Å². The summed E-state index contributed by atoms with van der Waals surface area (Å²) in [6, 6.07) is 7.67. The second-order valence-corrected chi connectivity index (χ2v) is 8.03. The molecule has 0 saturated heterocycles. The van der Waals surface area contributed by atoms with Crippen LogP contribution in [-0.4, -0.2) is 30.2 Å². The molecule has 8 nitrogen and oxygen atoms in total. The molecule has 3 heterocycles. The van der Waals surface area contributed by atoms with Crippen LogP contribution >= 0.6 is 11.3 Å². The van der Waals surface area contributed by atoms with Gasteiger partial charge in [0.05, 0.1) is 35.6 Å². The highest BCUT2D eigenvalue weighted by atomic mass is 32.1. The molecule has 0 saturated carbocycles. The fraction of sp³-hybridized carbons (Fsp3) is 0.190. The zero-order valence-electron chi connectivity index (χ0n) is 16.9. The van der Waals surface area contributed by atoms with Crippen molar-refractivity contribution in [2.45, 2.75) is 26.9 Å². The first-order valence-electron chi connectivity index (χ1n) is 9.46. The molecule has 0 fully saturated rings. The fourth-order valence-corrected chi connectivity index (χ4v) is 3.98. The lowest BCUT2D eigenvalue weighted by Crippen LogP contribution is -2.24. The minimum absolute atomic E-state index is 0.224. The predicted octanol–water partition coefficient (Wildman–Crippen LogP) is 2.62. The van der Waals surface area contributed by atoms with Crippen molar-refractivity contribution in [3.63, 3.8) is 0 Å². The first kappa shape index (κ1) is 20.6. The van der Waals surface area contributed by atoms with E-state index in [0.717, 1.165) is 16.8 Å². The van der Waals surface area contributed by atoms with Crippen LogP contribution in [0.25, 0.3) is 5.00 Å². The van der Waals surface area contributed by atoms with Crippen LogP contribution < -0.4 is 11.0 Å². The van der Waals surface area contributed by atoms with Crippen molar-refractivity contribution in [3.05, 3.63) is 92.7 Å². The van der Waals surface area contributed by atoms with Crippen LogP contribution in [0.5, 0.6) is 0 Å². The monoisotopic (exact) mass is 438 g/mol. The Labute approximate surface area is 181 Å². The third kappa shape index (κ3) is 4.58. The molecule has 0 radical (unpaired) electrons. The van der Waals surface area contributed by atoms with E-state index >= 15 is 0 Å². The molecule has 0 unspecified atom stereocenters. The normalized spacial score (nSPS) is 10.9. The molecule has 3 aromatic heterocycles. The van der Waals surface area contributed by atoms with E-state index in [0.29, 0.717) is 15.6 Å². The average molecular weight is 438 g/mol. The van der Waals surface area contributed by atoms with Gasteiger partial charge in [-0.15, -0.1) is 11.3 Å². The maximum Gasteiger partial charge on any atom is 0.351 e. The molecule has 0 spiro atoms. The predicted molar refractivity (Wildman–Crippen MR) is 114 cm³/mol. The molecule has 0 atom stereocenters. The standard InChI is InChI=1S/C21H19FN6O2S/c1-13-7-18(31-19(13)20(29)25-10-17-9-23-14(2)8-24-17)27-12-26-28(21(27)30)11-15-3-5-16(22)6-4-15/h3-9,12H,10-11H2,1-2H3,(H,25,29). The van der Waals surface area contributed by atoms with Crippen LogP contribution in [0.3, 0.4) is 0 Å². The van der Waals surface area contributed by atoms with Crippen molar-refractivity contribution < 1.29 is 9.18 Å². The van der Waals surface area contributed by atoms with Crippen LogP contribution in [0.1, 0.15) is 32.2 Å². The van der Waals surface area contributed by atoms with Crippen molar-refractivity contribution in [3.8, 4) is 5.00 Å². The number of carbonyl (C=O) groups excluding carboxylic acids is 1. The molecular formula is C21H19FN6O2S. The molecule has 158 valence electrons. The summed E-state index contributed by atoms with van der Waals surface area (Å²) in [7, 11) is 0. The summed E-state index contributed by atoms with van der Waals surface area (Å²) < 4.78 is 15.8. The van der Waals surface area contributed by atoms with E-state index in [9.17, 15) is 14.0 Å². The molecule has 1 amide bonds. The van der Waals surface area contributed by atoms with Gasteiger partial charge in [0.15, 0.2) is 0 Å². The Morgan fingerprint density at radius 3 is 2.65 bits per heavy atom. The lowest BCUT2D eigenvalue weighted by molar-refractivity contribution is 0.0954. The maximum atomic E-state index is 13.1. The Morgan fingerprint density at radius 2 is 1.94 bits per heavy atom. The molecule has 4 aromatic rings. The summed E-state index contributed by atoms with van der Waals surface area (Å²) in [4.78, 5) is 34.3. The Morgan fingerprint density at radius 1 is 1.16 bits per heavy atom. The molecule has 31 heavy (non-hydrogen) atoms. The number of nitrogens with one attached hydrogen (secondary N) is 1. The van der Waals surface area contributed by atoms with E-state index in [1.165, 1.54) is 39.0 Å². The zero-order chi connectivity index (χ0) is 22.0. The van der Waals surface area contributed by atoms with Gasteiger partial charge < -0.3 is 5.32 Å². The Bertz CT molecular complexity index is 1270. The van der Waals surface area contributed by atoms with Crippen molar-refractivity contribution in [1.29, 1.82) is 0 Å². The largest absolute Gasteiger partial charge is 0.351 e. The van der Waals surface area contributed by atoms with Crippen molar-refractivity contribution in [2.75, 3.05) is 0 Å². The number of rotatable bonds is 6. The van der Waals surface area contributed by atoms with E-state index < -0.39 is 0 Å². The second-order valence-electron chi connectivity index (χ2n) is 7.00. The minimum atomic E-state index is -0.340. The Kier molecular flexibility index (Phi) is 5.72. The smallest absolute Gasteiger partial charge is 0.346 e. The molecule has 0 aliphatic rings. The van der Waals surface area contributed by atoms with E-state index in [-0.39, 0.29) is 30.5 Å². The SMILES string of the molecule is Cc1cnc(CNC(=O)c2sc(-n3cnn(Cc4ccc(F)cc4)c3=O)cc2C)cn1. The van der Waals surface area contributed by atoms with Crippen molar-refractivity contribution >= 4 is 17.2 Å². The van der Waals surface area contributed by atoms with E-state index in [1.54, 1.807) is 30.6 Å². The minimum Gasteiger partial charge on any atom is -0.346 e. The highest BCUT2D eigenvalue weighted by Gasteiger charge is 2.17. The van der Waals surface area contributed by atoms with Crippen LogP contribution in [0.2, 0.25) is 0 Å². The second kappa shape index (κ2) is 8.60. The number of aromatic nitrogens is 5. The van der Waals surface area contributed by atoms with Gasteiger partial charge in [-0.3, -0.25) is 14.8 Å². The van der Waals surface area contributed by atoms with Gasteiger partial charge >= 0.3 is 5.69 Å². The fourth-order valence-electron chi connectivity index (χ4n) is 2.93. The van der Waals surface area contributed by atoms with Gasteiger partial charge in [-0.1, -0.05) is 12.1 Å². The average Bonchev–Trinajstić information content (AvgIpc) is 3.31. The van der Waals surface area contributed by atoms with Crippen LogP contribution in [0.15, 0.2) is 53.8 Å². The van der Waals surface area contributed by atoms with E-state index in [4.69, 9.17) is 0 Å². The molecule has 0 aliphatic carbocycles. The number of hydrogen-bond donors (Lipinski definition) is 1. The van der Waals surface area contributed by atoms with Crippen LogP contribution in [0.4, 0.5) is 4.39 Å². The van der Waals surface area contributed by atoms with Crippen LogP contribution in [-0.2, 0) is 13.1 Å². The van der Waals surface area contributed by atoms with Crippen molar-refractivity contribution in [1.82, 2.24) is 29.6 Å². The Hall–Kier alpha value is -3.66. The molecule has 0 aliphatic heterocycles. The third-order valence-electron chi connectivity index (χ3n) is 4.59. The number of hydrogen-bond acceptors (Lipinski definition) is 6. The summed E-state index contributed by atoms with van der Waals surface area (Å²) >= 11 is 1.21. The van der Waals surface area contributed by atoms with Gasteiger partial charge in [0.1, 0.15) is 17.1 Å². The number of carbonyl (C=O) groups is 1. The van der Waals surface area contributed by atoms with Gasteiger partial charge in [0.25, 0.3) is 5.91 Å². The zero-order valence-corrected chi connectivity index (χ0v) is 17.7. The molecule has 1 N–H and O–H groups in total. The molecule has 1 aromatic carbocycles. The lowest BCUT2D eigenvalue weighted by atomic mass is 10.2. The molecule has 10 heteroatoms. The van der Waals surface area contributed by atoms with Crippen molar-refractivity contribution in [2.24, 2.45) is 0 Å². The molecular weight excluding hydrogens is 419 g/mol. The summed E-state index contributed by atoms with van der Waals surface area (Å²) in [5, 5.41) is 7.56. The number of nitrogens with zero attached hydrogens (tertiary/aromatic N) is 5. The van der Waals surface area contributed by atoms with Gasteiger partial charge in [-0.25, -0.2) is 18.4 Å². The van der Waals surface area contributed by atoms with E-state index in [1.807, 2.05) is 13.8 Å². The number of amides is 1. The summed E-state index contributed by atoms with van der Waals surface area (Å²) in [5.74, 6) is -0.584. The maximum absolute atomic E-state index is 13.1. The summed E-state index contributed by atoms with van der Waals surface area (Å²) in [6.45, 7) is 4.14. The van der Waals surface area contributed by atoms with Gasteiger partial charge in [-0.05, 0) is 43.2 Å². The summed E-state index contributed by atoms with van der Waals surface area (Å²) in [5.41, 5.74) is 2.64. The highest BCUT2D eigenvalue weighted by Crippen LogP contribution is 2.24. The quantitative estimate of drug-likeness (QED) is 0.499. The molecule has 4 rings (SSSR count). The lowest BCUT2D eigenvalue weighted by Gasteiger charge is -2.04. The number of halogens is 1. The Balaban J connectivity index is 1.50. The van der Waals surface area contributed by atoms with Gasteiger partial charge in [0.2, 0.25) is 0 Å². The molecule has 0 bridgehead atoms. The number of aryl methyl sites for hydroxylation is 2. The van der Waals surface area contributed by atoms with Gasteiger partial charge in [-0.2, -0.15) is 5.10 Å². The highest BCUT2D eigenvalue weighted by molar-refractivity contribution is 7.16.